The quantitative estimate of drug-likeness (QED) is 0.0879. The Hall–Kier alpha value is -4.28. The number of pyridine rings is 1. The molecule has 1 aliphatic rings. The van der Waals surface area contributed by atoms with Gasteiger partial charge in [0.25, 0.3) is 5.78 Å². The second-order valence-electron chi connectivity index (χ2n) is 9.64. The average molecular weight is 568 g/mol. The van der Waals surface area contributed by atoms with E-state index >= 15 is 0 Å². The van der Waals surface area contributed by atoms with E-state index in [2.05, 4.69) is 15.2 Å². The molecule has 200 valence electrons. The number of hydrogen-bond acceptors (Lipinski definition) is 8. The summed E-state index contributed by atoms with van der Waals surface area (Å²) in [5.74, 6) is -1.16. The van der Waals surface area contributed by atoms with Crippen LogP contribution in [0.1, 0.15) is 39.7 Å². The first-order valence-corrected chi connectivity index (χ1v) is 14.5. The van der Waals surface area contributed by atoms with Crippen LogP contribution >= 0.6 is 23.1 Å². The zero-order valence-electron chi connectivity index (χ0n) is 22.0. The number of anilines is 1. The number of aliphatic hydroxyl groups is 1. The first-order valence-electron chi connectivity index (χ1n) is 12.7. The number of benzene rings is 2. The van der Waals surface area contributed by atoms with E-state index in [0.717, 1.165) is 16.7 Å². The number of aryl methyl sites for hydroxylation is 3. The third-order valence-corrected chi connectivity index (χ3v) is 9.08. The maximum absolute atomic E-state index is 13.6. The molecule has 3 aromatic heterocycles. The Labute approximate surface area is 239 Å². The molecule has 8 nitrogen and oxygen atoms in total. The van der Waals surface area contributed by atoms with Crippen LogP contribution in [0.5, 0.6) is 0 Å². The number of aromatic nitrogens is 4. The molecule has 5 aromatic rings. The zero-order chi connectivity index (χ0) is 28.0. The summed E-state index contributed by atoms with van der Waals surface area (Å²) in [4.78, 5) is 33.1. The van der Waals surface area contributed by atoms with Gasteiger partial charge >= 0.3 is 5.91 Å². The van der Waals surface area contributed by atoms with Crippen molar-refractivity contribution in [3.05, 3.63) is 112 Å². The van der Waals surface area contributed by atoms with Crippen LogP contribution in [0.25, 0.3) is 11.4 Å². The zero-order valence-corrected chi connectivity index (χ0v) is 23.7. The average Bonchev–Trinajstić information content (AvgIpc) is 3.64. The number of carbonyl (C=O) groups is 2. The highest BCUT2D eigenvalue weighted by Crippen LogP contribution is 2.44. The number of hydrogen-bond donors (Lipinski definition) is 1. The van der Waals surface area contributed by atoms with Gasteiger partial charge < -0.3 is 9.51 Å². The van der Waals surface area contributed by atoms with Gasteiger partial charge in [0.1, 0.15) is 11.3 Å². The third-order valence-electron chi connectivity index (χ3n) is 6.95. The topological polar surface area (TPSA) is 101 Å². The fourth-order valence-corrected chi connectivity index (χ4v) is 6.67. The second-order valence-corrected chi connectivity index (χ2v) is 11.8. The van der Waals surface area contributed by atoms with E-state index in [0.29, 0.717) is 32.1 Å². The molecular weight excluding hydrogens is 542 g/mol. The molecule has 0 spiro atoms. The number of ketones is 1. The van der Waals surface area contributed by atoms with Gasteiger partial charge in [-0.1, -0.05) is 89.3 Å². The van der Waals surface area contributed by atoms with Crippen LogP contribution in [0.4, 0.5) is 5.13 Å². The lowest BCUT2D eigenvalue weighted by atomic mass is 9.96. The Bertz CT molecular complexity index is 1790. The predicted octanol–water partition coefficient (Wildman–Crippen LogP) is 6.03. The summed E-state index contributed by atoms with van der Waals surface area (Å²) in [5, 5.41) is 20.5. The minimum atomic E-state index is -0.883. The van der Waals surface area contributed by atoms with Crippen molar-refractivity contribution in [2.24, 2.45) is 0 Å². The molecule has 10 heteroatoms. The Morgan fingerprint density at radius 2 is 1.73 bits per heavy atom. The molecule has 1 unspecified atom stereocenters. The summed E-state index contributed by atoms with van der Waals surface area (Å²) < 4.78 is 2.54. The maximum Gasteiger partial charge on any atom is 0.301 e. The van der Waals surface area contributed by atoms with Crippen LogP contribution in [0.2, 0.25) is 0 Å². The van der Waals surface area contributed by atoms with Crippen molar-refractivity contribution in [2.45, 2.75) is 36.9 Å². The Balaban J connectivity index is 1.45. The SMILES string of the molecule is Cc1ccc(C2/C(=C(\O)c3nc4c(C)cccn4c3C)C(=O)C(=O)N2c2nnc(SCc3ccccc3)s2)cc1. The molecule has 0 bridgehead atoms. The van der Waals surface area contributed by atoms with Gasteiger partial charge in [-0.15, -0.1) is 10.2 Å². The first kappa shape index (κ1) is 26.0. The molecule has 40 heavy (non-hydrogen) atoms. The van der Waals surface area contributed by atoms with E-state index in [9.17, 15) is 14.7 Å². The molecule has 4 heterocycles. The van der Waals surface area contributed by atoms with Gasteiger partial charge in [0, 0.05) is 11.9 Å². The van der Waals surface area contributed by atoms with Crippen LogP contribution in [0, 0.1) is 20.8 Å². The van der Waals surface area contributed by atoms with E-state index in [-0.39, 0.29) is 17.0 Å². The highest BCUT2D eigenvalue weighted by molar-refractivity contribution is 8.00. The van der Waals surface area contributed by atoms with Crippen molar-refractivity contribution in [2.75, 3.05) is 4.90 Å². The van der Waals surface area contributed by atoms with Crippen molar-refractivity contribution in [1.29, 1.82) is 0 Å². The summed E-state index contributed by atoms with van der Waals surface area (Å²) >= 11 is 2.76. The number of imidazole rings is 1. The van der Waals surface area contributed by atoms with E-state index in [1.54, 1.807) is 0 Å². The van der Waals surface area contributed by atoms with Crippen LogP contribution in [-0.2, 0) is 15.3 Å². The van der Waals surface area contributed by atoms with Gasteiger partial charge in [-0.05, 0) is 43.5 Å². The number of rotatable bonds is 6. The molecule has 6 rings (SSSR count). The van der Waals surface area contributed by atoms with E-state index in [1.807, 2.05) is 98.1 Å². The smallest absolute Gasteiger partial charge is 0.301 e. The van der Waals surface area contributed by atoms with Gasteiger partial charge in [-0.2, -0.15) is 0 Å². The second kappa shape index (κ2) is 10.4. The van der Waals surface area contributed by atoms with Crippen LogP contribution in [0.3, 0.4) is 0 Å². The molecule has 2 aromatic carbocycles. The number of Topliss-reactive ketones (excluding diaryl/α,β-unsaturated/α-hetero) is 1. The monoisotopic (exact) mass is 567 g/mol. The lowest BCUT2D eigenvalue weighted by Crippen LogP contribution is -2.29. The summed E-state index contributed by atoms with van der Waals surface area (Å²) in [7, 11) is 0. The Morgan fingerprint density at radius 3 is 2.45 bits per heavy atom. The summed E-state index contributed by atoms with van der Waals surface area (Å²) in [5.41, 5.74) is 5.36. The number of aliphatic hydroxyl groups excluding tert-OH is 1. The normalized spacial score (nSPS) is 16.8. The highest BCUT2D eigenvalue weighted by Gasteiger charge is 2.48. The fourth-order valence-electron chi connectivity index (χ4n) is 4.85. The van der Waals surface area contributed by atoms with E-state index in [1.165, 1.54) is 28.0 Å². The Morgan fingerprint density at radius 1 is 0.975 bits per heavy atom. The molecule has 1 N–H and O–H groups in total. The van der Waals surface area contributed by atoms with Crippen LogP contribution < -0.4 is 4.90 Å². The highest BCUT2D eigenvalue weighted by atomic mass is 32.2. The largest absolute Gasteiger partial charge is 0.505 e. The van der Waals surface area contributed by atoms with Crippen LogP contribution in [0.15, 0.2) is 82.8 Å². The van der Waals surface area contributed by atoms with Gasteiger partial charge in [-0.25, -0.2) is 4.98 Å². The number of thioether (sulfide) groups is 1. The first-order chi connectivity index (χ1) is 19.3. The molecule has 1 atom stereocenters. The molecular formula is C30H25N5O3S2. The molecule has 1 fully saturated rings. The van der Waals surface area contributed by atoms with Gasteiger partial charge in [0.2, 0.25) is 5.13 Å². The van der Waals surface area contributed by atoms with E-state index in [4.69, 9.17) is 0 Å². The minimum Gasteiger partial charge on any atom is -0.505 e. The molecule has 0 aliphatic carbocycles. The van der Waals surface area contributed by atoms with Crippen molar-refractivity contribution < 1.29 is 14.7 Å². The van der Waals surface area contributed by atoms with E-state index < -0.39 is 17.7 Å². The molecule has 1 saturated heterocycles. The number of amides is 1. The predicted molar refractivity (Wildman–Crippen MR) is 157 cm³/mol. The van der Waals surface area contributed by atoms with Crippen molar-refractivity contribution in [3.8, 4) is 0 Å². The van der Waals surface area contributed by atoms with Crippen molar-refractivity contribution >= 4 is 51.3 Å². The maximum atomic E-state index is 13.6. The van der Waals surface area contributed by atoms with Crippen molar-refractivity contribution in [1.82, 2.24) is 19.6 Å². The number of nitrogens with zero attached hydrogens (tertiary/aromatic N) is 5. The lowest BCUT2D eigenvalue weighted by Gasteiger charge is -2.22. The van der Waals surface area contributed by atoms with Gasteiger partial charge in [0.15, 0.2) is 10.1 Å². The van der Waals surface area contributed by atoms with Crippen molar-refractivity contribution in [3.63, 3.8) is 0 Å². The minimum absolute atomic E-state index is 0.0216. The molecule has 1 aliphatic heterocycles. The van der Waals surface area contributed by atoms with Gasteiger partial charge in [0.05, 0.1) is 17.3 Å². The number of fused-ring (bicyclic) bond motifs is 1. The Kier molecular flexibility index (Phi) is 6.73. The summed E-state index contributed by atoms with van der Waals surface area (Å²) in [6, 6.07) is 20.5. The number of carbonyl (C=O) groups excluding carboxylic acids is 2. The fraction of sp³-hybridized carbons (Fsp3) is 0.167. The molecule has 1 amide bonds. The van der Waals surface area contributed by atoms with Gasteiger partial charge in [-0.3, -0.25) is 14.5 Å². The summed E-state index contributed by atoms with van der Waals surface area (Å²) in [6.45, 7) is 5.72. The van der Waals surface area contributed by atoms with Crippen LogP contribution in [-0.4, -0.2) is 36.4 Å². The third kappa shape index (κ3) is 4.48. The molecule has 0 radical (unpaired) electrons. The molecule has 0 saturated carbocycles. The lowest BCUT2D eigenvalue weighted by molar-refractivity contribution is -0.132. The summed E-state index contributed by atoms with van der Waals surface area (Å²) in [6.07, 6.45) is 1.85. The standard InChI is InChI=1S/C30H25N5O3S2/c1-17-11-13-21(14-12-17)24-22(25(36)23-19(3)34-15-7-8-18(2)27(34)31-23)26(37)28(38)35(24)29-32-33-30(40-29)39-16-20-9-5-4-6-10-20/h4-15,24,36H,16H2,1-3H3/b25-22+.